The summed E-state index contributed by atoms with van der Waals surface area (Å²) in [6.45, 7) is 1.30. The second-order valence-electron chi connectivity index (χ2n) is 3.73. The zero-order valence-corrected chi connectivity index (χ0v) is 9.62. The average Bonchev–Trinajstić information content (AvgIpc) is 2.24. The molecule has 4 nitrogen and oxygen atoms in total. The number of halogens is 3. The van der Waals surface area contributed by atoms with Crippen LogP contribution in [0.5, 0.6) is 0 Å². The first-order valence-electron chi connectivity index (χ1n) is 5.05. The molecule has 0 spiro atoms. The number of aryl methyl sites for hydroxylation is 1. The van der Waals surface area contributed by atoms with Crippen molar-refractivity contribution in [3.63, 3.8) is 0 Å². The normalized spacial score (nSPS) is 11.6. The second kappa shape index (κ2) is 5.31. The van der Waals surface area contributed by atoms with Gasteiger partial charge in [-0.05, 0) is 6.92 Å². The van der Waals surface area contributed by atoms with Crippen molar-refractivity contribution < 1.29 is 18.3 Å². The third-order valence-electron chi connectivity index (χ3n) is 2.31. The molecule has 0 unspecified atom stereocenters. The summed E-state index contributed by atoms with van der Waals surface area (Å²) in [6.07, 6.45) is -3.68. The molecule has 1 heterocycles. The monoisotopic (exact) mass is 249 g/mol. The lowest BCUT2D eigenvalue weighted by Gasteiger charge is -2.18. The summed E-state index contributed by atoms with van der Waals surface area (Å²) >= 11 is 0. The fourth-order valence-corrected chi connectivity index (χ4v) is 1.21. The minimum absolute atomic E-state index is 0.182. The Morgan fingerprint density at radius 1 is 1.41 bits per heavy atom. The molecule has 1 aromatic heterocycles. The summed E-state index contributed by atoms with van der Waals surface area (Å²) in [6, 6.07) is 0. The lowest BCUT2D eigenvalue weighted by atomic mass is 10.2. The highest BCUT2D eigenvalue weighted by Gasteiger charge is 2.27. The second-order valence-corrected chi connectivity index (χ2v) is 3.73. The lowest BCUT2D eigenvalue weighted by Crippen LogP contribution is -2.26. The quantitative estimate of drug-likeness (QED) is 0.881. The molecule has 1 rings (SSSR count). The zero-order chi connectivity index (χ0) is 13.1. The van der Waals surface area contributed by atoms with Crippen LogP contribution in [0.4, 0.5) is 19.1 Å². The van der Waals surface area contributed by atoms with E-state index in [9.17, 15) is 13.2 Å². The number of hydrogen-bond acceptors (Lipinski definition) is 4. The van der Waals surface area contributed by atoms with Crippen molar-refractivity contribution >= 4 is 5.95 Å². The van der Waals surface area contributed by atoms with Gasteiger partial charge in [-0.1, -0.05) is 0 Å². The molecule has 0 radical (unpaired) electrons. The molecular formula is C10H14F3N3O. The third-order valence-corrected chi connectivity index (χ3v) is 2.31. The number of aliphatic hydroxyl groups excluding tert-OH is 1. The Hall–Kier alpha value is -1.37. The maximum atomic E-state index is 12.0. The maximum absolute atomic E-state index is 12.0. The fraction of sp³-hybridized carbons (Fsp3) is 0.600. The minimum Gasteiger partial charge on any atom is -0.392 e. The van der Waals surface area contributed by atoms with Gasteiger partial charge < -0.3 is 10.0 Å². The number of anilines is 1. The SMILES string of the molecule is Cc1nc(N(C)CCC(F)(F)F)ncc1CO. The van der Waals surface area contributed by atoms with E-state index in [1.165, 1.54) is 18.1 Å². The first kappa shape index (κ1) is 13.7. The van der Waals surface area contributed by atoms with Crippen LogP contribution in [0.25, 0.3) is 0 Å². The Bertz CT molecular complexity index is 382. The molecule has 96 valence electrons. The summed E-state index contributed by atoms with van der Waals surface area (Å²) in [5.74, 6) is 0.226. The summed E-state index contributed by atoms with van der Waals surface area (Å²) < 4.78 is 36.1. The van der Waals surface area contributed by atoms with Crippen LogP contribution in [0.1, 0.15) is 17.7 Å². The molecule has 0 bridgehead atoms. The van der Waals surface area contributed by atoms with Crippen LogP contribution in [0.2, 0.25) is 0 Å². The Kier molecular flexibility index (Phi) is 4.28. The van der Waals surface area contributed by atoms with E-state index < -0.39 is 12.6 Å². The molecular weight excluding hydrogens is 235 g/mol. The zero-order valence-electron chi connectivity index (χ0n) is 9.62. The predicted molar refractivity (Wildman–Crippen MR) is 56.6 cm³/mol. The van der Waals surface area contributed by atoms with E-state index in [2.05, 4.69) is 9.97 Å². The summed E-state index contributed by atoms with van der Waals surface area (Å²) in [5, 5.41) is 8.92. The van der Waals surface area contributed by atoms with Crippen LogP contribution in [0, 0.1) is 6.92 Å². The van der Waals surface area contributed by atoms with E-state index in [-0.39, 0.29) is 19.1 Å². The molecule has 0 aliphatic carbocycles. The van der Waals surface area contributed by atoms with Crippen molar-refractivity contribution in [3.8, 4) is 0 Å². The van der Waals surface area contributed by atoms with Crippen LogP contribution in [-0.2, 0) is 6.61 Å². The molecule has 0 aliphatic heterocycles. The molecule has 1 aromatic rings. The Morgan fingerprint density at radius 2 is 2.06 bits per heavy atom. The first-order valence-corrected chi connectivity index (χ1v) is 5.05. The number of hydrogen-bond donors (Lipinski definition) is 1. The van der Waals surface area contributed by atoms with Gasteiger partial charge in [0.15, 0.2) is 0 Å². The molecule has 0 amide bonds. The Labute approximate surface area is 97.1 Å². The third kappa shape index (κ3) is 4.18. The molecule has 1 N–H and O–H groups in total. The van der Waals surface area contributed by atoms with Crippen molar-refractivity contribution in [3.05, 3.63) is 17.5 Å². The largest absolute Gasteiger partial charge is 0.392 e. The molecule has 7 heteroatoms. The van der Waals surface area contributed by atoms with E-state index in [1.54, 1.807) is 6.92 Å². The summed E-state index contributed by atoms with van der Waals surface area (Å²) in [7, 11) is 1.50. The number of rotatable bonds is 4. The van der Waals surface area contributed by atoms with Crippen LogP contribution in [-0.4, -0.2) is 34.8 Å². The maximum Gasteiger partial charge on any atom is 0.390 e. The van der Waals surface area contributed by atoms with Crippen molar-refractivity contribution in [2.75, 3.05) is 18.5 Å². The van der Waals surface area contributed by atoms with Crippen molar-refractivity contribution in [2.24, 2.45) is 0 Å². The van der Waals surface area contributed by atoms with Crippen molar-refractivity contribution in [2.45, 2.75) is 26.1 Å². The van der Waals surface area contributed by atoms with Gasteiger partial charge in [-0.15, -0.1) is 0 Å². The molecule has 0 saturated heterocycles. The van der Waals surface area contributed by atoms with E-state index >= 15 is 0 Å². The van der Waals surface area contributed by atoms with E-state index in [1.807, 2.05) is 0 Å². The van der Waals surface area contributed by atoms with Gasteiger partial charge in [-0.3, -0.25) is 0 Å². The van der Waals surface area contributed by atoms with E-state index in [4.69, 9.17) is 5.11 Å². The van der Waals surface area contributed by atoms with Gasteiger partial charge in [0.25, 0.3) is 0 Å². The topological polar surface area (TPSA) is 49.2 Å². The van der Waals surface area contributed by atoms with Gasteiger partial charge in [-0.25, -0.2) is 9.97 Å². The predicted octanol–water partition coefficient (Wildman–Crippen LogP) is 1.67. The van der Waals surface area contributed by atoms with Gasteiger partial charge in [0.2, 0.25) is 5.95 Å². The number of alkyl halides is 3. The highest BCUT2D eigenvalue weighted by Crippen LogP contribution is 2.20. The Morgan fingerprint density at radius 3 is 2.53 bits per heavy atom. The van der Waals surface area contributed by atoms with Crippen LogP contribution >= 0.6 is 0 Å². The van der Waals surface area contributed by atoms with Crippen molar-refractivity contribution in [1.82, 2.24) is 9.97 Å². The summed E-state index contributed by atoms with van der Waals surface area (Å²) in [5.41, 5.74) is 1.13. The molecule has 0 saturated carbocycles. The van der Waals surface area contributed by atoms with Gasteiger partial charge >= 0.3 is 6.18 Å². The first-order chi connectivity index (χ1) is 7.83. The Balaban J connectivity index is 2.69. The highest BCUT2D eigenvalue weighted by atomic mass is 19.4. The minimum atomic E-state index is -4.19. The highest BCUT2D eigenvalue weighted by molar-refractivity contribution is 5.31. The van der Waals surface area contributed by atoms with Gasteiger partial charge in [-0.2, -0.15) is 13.2 Å². The number of aliphatic hydroxyl groups is 1. The van der Waals surface area contributed by atoms with Crippen LogP contribution < -0.4 is 4.90 Å². The number of aromatic nitrogens is 2. The van der Waals surface area contributed by atoms with Crippen LogP contribution in [0.15, 0.2) is 6.20 Å². The molecule has 0 fully saturated rings. The molecule has 17 heavy (non-hydrogen) atoms. The molecule has 0 atom stereocenters. The fourth-order valence-electron chi connectivity index (χ4n) is 1.21. The van der Waals surface area contributed by atoms with E-state index in [0.29, 0.717) is 11.3 Å². The van der Waals surface area contributed by atoms with Gasteiger partial charge in [0, 0.05) is 31.0 Å². The lowest BCUT2D eigenvalue weighted by molar-refractivity contribution is -0.132. The molecule has 0 aliphatic rings. The van der Waals surface area contributed by atoms with Crippen molar-refractivity contribution in [1.29, 1.82) is 0 Å². The van der Waals surface area contributed by atoms with Crippen LogP contribution in [0.3, 0.4) is 0 Å². The van der Waals surface area contributed by atoms with Gasteiger partial charge in [0.1, 0.15) is 0 Å². The molecule has 0 aromatic carbocycles. The van der Waals surface area contributed by atoms with E-state index in [0.717, 1.165) is 0 Å². The number of nitrogens with zero attached hydrogens (tertiary/aromatic N) is 3. The average molecular weight is 249 g/mol. The smallest absolute Gasteiger partial charge is 0.390 e. The summed E-state index contributed by atoms with van der Waals surface area (Å²) in [4.78, 5) is 9.27. The van der Waals surface area contributed by atoms with Gasteiger partial charge in [0.05, 0.1) is 13.0 Å². The standard InChI is InChI=1S/C10H14F3N3O/c1-7-8(6-17)5-14-9(15-7)16(2)4-3-10(11,12)13/h5,17H,3-4,6H2,1-2H3.